The van der Waals surface area contributed by atoms with Crippen LogP contribution in [0.25, 0.3) is 0 Å². The van der Waals surface area contributed by atoms with Gasteiger partial charge in [0.1, 0.15) is 0 Å². The van der Waals surface area contributed by atoms with Gasteiger partial charge in [-0.05, 0) is 0 Å². The molecule has 0 bridgehead atoms. The Balaban J connectivity index is 3.14. The Hall–Kier alpha value is 0.809. The summed E-state index contributed by atoms with van der Waals surface area (Å²) in [7, 11) is 0. The Morgan fingerprint density at radius 2 is 1.80 bits per heavy atom. The molecular formula is C3H7ClIr. The molecule has 0 nitrogen and oxygen atoms in total. The number of rotatable bonds is 0. The molecule has 0 saturated carbocycles. The molecule has 0 atom stereocenters. The van der Waals surface area contributed by atoms with Gasteiger partial charge in [0, 0.05) is 0 Å². The van der Waals surface area contributed by atoms with E-state index in [0.29, 0.717) is 0 Å². The summed E-state index contributed by atoms with van der Waals surface area (Å²) < 4.78 is 1.81. The third kappa shape index (κ3) is 4.81. The van der Waals surface area contributed by atoms with Gasteiger partial charge in [-0.25, -0.2) is 0 Å². The van der Waals surface area contributed by atoms with E-state index in [9.17, 15) is 0 Å². The van der Waals surface area contributed by atoms with Gasteiger partial charge in [0.05, 0.1) is 0 Å². The molecule has 0 N–H and O–H groups in total. The maximum atomic E-state index is 5.29. The van der Waals surface area contributed by atoms with E-state index in [-0.39, 0.29) is 0 Å². The monoisotopic (exact) mass is 271 g/mol. The Bertz CT molecular complexity index is 44.9. The zero-order valence-corrected chi connectivity index (χ0v) is 6.44. The summed E-state index contributed by atoms with van der Waals surface area (Å²) in [6, 6.07) is 0. The molecule has 0 unspecified atom stereocenters. The topological polar surface area (TPSA) is 0 Å². The average molecular weight is 271 g/mol. The quantitative estimate of drug-likeness (QED) is 0.629. The van der Waals surface area contributed by atoms with Crippen molar-refractivity contribution in [2.45, 2.75) is 10.9 Å². The van der Waals surface area contributed by atoms with E-state index >= 15 is 0 Å². The molecule has 0 aromatic heterocycles. The molecule has 2 heteroatoms. The first-order chi connectivity index (χ1) is 2.27. The summed E-state index contributed by atoms with van der Waals surface area (Å²) in [5, 5.41) is 0. The van der Waals surface area contributed by atoms with Crippen LogP contribution in [0.4, 0.5) is 0 Å². The van der Waals surface area contributed by atoms with E-state index in [1.54, 1.807) is 3.99 Å². The third-order valence-corrected chi connectivity index (χ3v) is 3.57. The summed E-state index contributed by atoms with van der Waals surface area (Å²) in [5.74, 6) is 0. The van der Waals surface area contributed by atoms with Crippen LogP contribution in [0.3, 0.4) is 0 Å². The maximum absolute atomic E-state index is 5.29. The predicted octanol–water partition coefficient (Wildman–Crippen LogP) is 1.70. The van der Waals surface area contributed by atoms with E-state index in [0.717, 1.165) is 0 Å². The molecule has 0 rings (SSSR count). The van der Waals surface area contributed by atoms with Gasteiger partial charge in [0.15, 0.2) is 0 Å². The van der Waals surface area contributed by atoms with Gasteiger partial charge in [-0.2, -0.15) is 0 Å². The molecule has 0 aliphatic rings. The predicted molar refractivity (Wildman–Crippen MR) is 23.6 cm³/mol. The fraction of sp³-hybridized carbons (Fsp3) is 0.667. The molecule has 0 aliphatic carbocycles. The van der Waals surface area contributed by atoms with Crippen LogP contribution >= 0.6 is 11.6 Å². The first-order valence-corrected chi connectivity index (χ1v) is 7.69. The van der Waals surface area contributed by atoms with Crippen molar-refractivity contribution in [3.05, 3.63) is 0 Å². The molecule has 0 aromatic carbocycles. The molecule has 0 saturated heterocycles. The van der Waals surface area contributed by atoms with Gasteiger partial charge in [-0.3, -0.25) is 0 Å². The molecule has 0 aliphatic heterocycles. The van der Waals surface area contributed by atoms with E-state index in [1.807, 2.05) is 0 Å². The van der Waals surface area contributed by atoms with Crippen molar-refractivity contribution in [3.63, 3.8) is 0 Å². The number of hydrogen-bond donors (Lipinski definition) is 0. The molecule has 0 radical (unpaired) electrons. The van der Waals surface area contributed by atoms with Crippen LogP contribution in [0.15, 0.2) is 0 Å². The van der Waals surface area contributed by atoms with Crippen LogP contribution in [-0.4, -0.2) is 3.99 Å². The minimum absolute atomic E-state index is 0.716. The van der Waals surface area contributed by atoms with Gasteiger partial charge in [0.2, 0.25) is 0 Å². The van der Waals surface area contributed by atoms with E-state index in [4.69, 9.17) is 11.6 Å². The van der Waals surface area contributed by atoms with Crippen LogP contribution in [0, 0.1) is 0 Å². The Labute approximate surface area is 42.8 Å². The molecule has 5 heavy (non-hydrogen) atoms. The van der Waals surface area contributed by atoms with Crippen molar-refractivity contribution < 1.29 is 16.0 Å². The second kappa shape index (κ2) is 3.02. The Morgan fingerprint density at radius 3 is 1.80 bits per heavy atom. The van der Waals surface area contributed by atoms with Gasteiger partial charge >= 0.3 is 42.5 Å². The second-order valence-electron chi connectivity index (χ2n) is 0.791. The zero-order chi connectivity index (χ0) is 4.28. The van der Waals surface area contributed by atoms with Crippen molar-refractivity contribution in [2.75, 3.05) is 0 Å². The van der Waals surface area contributed by atoms with Crippen molar-refractivity contribution in [1.29, 1.82) is 0 Å². The number of hydrogen-bond acceptors (Lipinski definition) is 0. The summed E-state index contributed by atoms with van der Waals surface area (Å²) in [6.07, 6.45) is 0. The van der Waals surface area contributed by atoms with Crippen LogP contribution in [0.2, 0.25) is 10.9 Å². The summed E-state index contributed by atoms with van der Waals surface area (Å²) in [4.78, 5) is 0. The van der Waals surface area contributed by atoms with Crippen molar-refractivity contribution in [2.24, 2.45) is 0 Å². The number of halogens is 1. The molecule has 0 heterocycles. The van der Waals surface area contributed by atoms with Crippen LogP contribution in [0.5, 0.6) is 0 Å². The fourth-order valence-electron chi connectivity index (χ4n) is 0. The van der Waals surface area contributed by atoms with Gasteiger partial charge in [-0.1, -0.05) is 0 Å². The summed E-state index contributed by atoms with van der Waals surface area (Å²) in [5.41, 5.74) is 4.40. The van der Waals surface area contributed by atoms with E-state index in [1.165, 1.54) is 0 Å². The average Bonchev–Trinajstić information content (AvgIpc) is 1.38. The van der Waals surface area contributed by atoms with Gasteiger partial charge < -0.3 is 0 Å². The van der Waals surface area contributed by atoms with Crippen LogP contribution < -0.4 is 0 Å². The Morgan fingerprint density at radius 1 is 1.60 bits per heavy atom. The van der Waals surface area contributed by atoms with Crippen molar-refractivity contribution in [1.82, 2.24) is 0 Å². The van der Waals surface area contributed by atoms with Gasteiger partial charge in [0.25, 0.3) is 0 Å². The van der Waals surface area contributed by atoms with Crippen LogP contribution in [0.1, 0.15) is 0 Å². The normalized spacial score (nSPS) is 10.6. The molecule has 0 fully saturated rings. The summed E-state index contributed by atoms with van der Waals surface area (Å²) >= 11 is 4.57. The Kier molecular flexibility index (Phi) is 3.51. The van der Waals surface area contributed by atoms with Crippen molar-refractivity contribution in [3.8, 4) is 0 Å². The summed E-state index contributed by atoms with van der Waals surface area (Å²) in [6.45, 7) is 0. The molecule has 0 aromatic rings. The molecular weight excluding hydrogens is 264 g/mol. The zero-order valence-electron chi connectivity index (χ0n) is 3.29. The minimum atomic E-state index is -0.716. The first-order valence-electron chi connectivity index (χ1n) is 1.08. The van der Waals surface area contributed by atoms with Gasteiger partial charge in [-0.15, -0.1) is 0 Å². The second-order valence-corrected chi connectivity index (χ2v) is 7.67. The first kappa shape index (κ1) is 5.81. The van der Waals surface area contributed by atoms with Crippen molar-refractivity contribution >= 4 is 15.6 Å². The van der Waals surface area contributed by atoms with E-state index < -0.39 is 16.0 Å². The fourth-order valence-corrected chi connectivity index (χ4v) is 0. The molecule has 0 amide bonds. The molecule has 0 spiro atoms. The van der Waals surface area contributed by atoms with Crippen LogP contribution in [-0.2, 0) is 16.0 Å². The SMILES string of the molecule is [CH3][Ir]([CH3])=[CH]Cl. The molecule has 35 valence electrons. The van der Waals surface area contributed by atoms with E-state index in [2.05, 4.69) is 10.9 Å². The third-order valence-electron chi connectivity index (χ3n) is 0.145. The standard InChI is InChI=1S/CHCl.2CH3.Ir/c1-2;;;/h1H;2*1H3;.